The van der Waals surface area contributed by atoms with Crippen LogP contribution >= 0.6 is 0 Å². The first-order chi connectivity index (χ1) is 13.2. The van der Waals surface area contributed by atoms with E-state index in [-0.39, 0.29) is 11.8 Å². The van der Waals surface area contributed by atoms with Gasteiger partial charge < -0.3 is 15.0 Å². The number of amides is 2. The minimum absolute atomic E-state index is 0.00288. The molecule has 0 atom stereocenters. The second-order valence-corrected chi connectivity index (χ2v) is 7.24. The Kier molecular flexibility index (Phi) is 6.63. The Labute approximate surface area is 161 Å². The van der Waals surface area contributed by atoms with Crippen molar-refractivity contribution in [1.82, 2.24) is 15.1 Å². The van der Waals surface area contributed by atoms with Gasteiger partial charge in [0.05, 0.1) is 6.61 Å². The highest BCUT2D eigenvalue weighted by molar-refractivity contribution is 6.07. The lowest BCUT2D eigenvalue weighted by molar-refractivity contribution is -0.145. The molecule has 1 saturated heterocycles. The van der Waals surface area contributed by atoms with Crippen LogP contribution in [-0.4, -0.2) is 74.6 Å². The molecule has 6 heteroatoms. The Morgan fingerprint density at radius 2 is 1.85 bits per heavy atom. The maximum atomic E-state index is 12.9. The lowest BCUT2D eigenvalue weighted by Gasteiger charge is -2.35. The zero-order chi connectivity index (χ0) is 19.1. The molecule has 1 aromatic rings. The van der Waals surface area contributed by atoms with Crippen molar-refractivity contribution in [1.29, 1.82) is 0 Å². The van der Waals surface area contributed by atoms with E-state index in [1.54, 1.807) is 7.11 Å². The quantitative estimate of drug-likeness (QED) is 0.554. The number of piperazine rings is 1. The summed E-state index contributed by atoms with van der Waals surface area (Å²) in [5.74, 6) is -0.144. The molecule has 0 spiro atoms. The maximum absolute atomic E-state index is 12.9. The zero-order valence-corrected chi connectivity index (χ0v) is 16.0. The molecule has 0 bridgehead atoms. The number of benzene rings is 1. The van der Waals surface area contributed by atoms with Gasteiger partial charge in [-0.15, -0.1) is 0 Å². The molecule has 1 aliphatic carbocycles. The van der Waals surface area contributed by atoms with Crippen molar-refractivity contribution in [2.75, 3.05) is 53.0 Å². The van der Waals surface area contributed by atoms with Crippen LogP contribution in [0.1, 0.15) is 18.4 Å². The number of rotatable bonds is 8. The third kappa shape index (κ3) is 4.96. The van der Waals surface area contributed by atoms with Crippen molar-refractivity contribution < 1.29 is 14.3 Å². The smallest absolute Gasteiger partial charge is 0.238 e. The van der Waals surface area contributed by atoms with E-state index in [2.05, 4.69) is 34.5 Å². The first-order valence-corrected chi connectivity index (χ1v) is 9.66. The van der Waals surface area contributed by atoms with Crippen LogP contribution in [-0.2, 0) is 14.3 Å². The molecular formula is C21H29N3O3. The van der Waals surface area contributed by atoms with Crippen LogP contribution < -0.4 is 5.32 Å². The lowest BCUT2D eigenvalue weighted by Crippen LogP contribution is -2.53. The van der Waals surface area contributed by atoms with Crippen LogP contribution in [0.3, 0.4) is 0 Å². The number of methoxy groups -OCH3 is 1. The fourth-order valence-electron chi connectivity index (χ4n) is 3.44. The number of nitrogens with one attached hydrogen (secondary N) is 1. The summed E-state index contributed by atoms with van der Waals surface area (Å²) in [6, 6.07) is 10.2. The van der Waals surface area contributed by atoms with Crippen molar-refractivity contribution in [2.24, 2.45) is 5.41 Å². The summed E-state index contributed by atoms with van der Waals surface area (Å²) in [7, 11) is 1.60. The predicted molar refractivity (Wildman–Crippen MR) is 105 cm³/mol. The Morgan fingerprint density at radius 3 is 2.48 bits per heavy atom. The molecular weight excluding hydrogens is 342 g/mol. The largest absolute Gasteiger partial charge is 0.383 e. The molecule has 27 heavy (non-hydrogen) atoms. The summed E-state index contributed by atoms with van der Waals surface area (Å²) < 4.78 is 4.95. The summed E-state index contributed by atoms with van der Waals surface area (Å²) in [5.41, 5.74) is 0.379. The number of carbonyl (C=O) groups excluding carboxylic acids is 2. The zero-order valence-electron chi connectivity index (χ0n) is 16.0. The van der Waals surface area contributed by atoms with Gasteiger partial charge in [-0.1, -0.05) is 42.5 Å². The monoisotopic (exact) mass is 371 g/mol. The normalized spacial score (nSPS) is 19.2. The molecule has 6 nitrogen and oxygen atoms in total. The minimum Gasteiger partial charge on any atom is -0.383 e. The maximum Gasteiger partial charge on any atom is 0.238 e. The number of hydrogen-bond acceptors (Lipinski definition) is 4. The number of ether oxygens (including phenoxy) is 1. The number of carbonyl (C=O) groups is 2. The summed E-state index contributed by atoms with van der Waals surface area (Å²) in [6.07, 6.45) is 5.61. The summed E-state index contributed by atoms with van der Waals surface area (Å²) in [4.78, 5) is 29.5. The van der Waals surface area contributed by atoms with E-state index in [0.717, 1.165) is 19.6 Å². The third-order valence-electron chi connectivity index (χ3n) is 5.32. The molecule has 2 amide bonds. The Morgan fingerprint density at radius 1 is 1.15 bits per heavy atom. The fourth-order valence-corrected chi connectivity index (χ4v) is 3.44. The van der Waals surface area contributed by atoms with Crippen molar-refractivity contribution in [3.05, 3.63) is 42.0 Å². The minimum atomic E-state index is -0.816. The van der Waals surface area contributed by atoms with Crippen LogP contribution in [0.25, 0.3) is 6.08 Å². The summed E-state index contributed by atoms with van der Waals surface area (Å²) in [6.45, 7) is 4.84. The standard InChI is InChI=1S/C21H29N3O3/c1-27-17-11-22-19(25)21(9-10-21)20(26)24-15-13-23(14-16-24)12-5-8-18-6-3-2-4-7-18/h2-8H,9-17H2,1H3,(H,22,25)/b8-5+. The molecule has 1 aliphatic heterocycles. The molecule has 0 unspecified atom stereocenters. The first-order valence-electron chi connectivity index (χ1n) is 9.66. The van der Waals surface area contributed by atoms with E-state index in [4.69, 9.17) is 4.74 Å². The van der Waals surface area contributed by atoms with E-state index < -0.39 is 5.41 Å². The average molecular weight is 371 g/mol. The second-order valence-electron chi connectivity index (χ2n) is 7.24. The molecule has 0 aromatic heterocycles. The highest BCUT2D eigenvalue weighted by Crippen LogP contribution is 2.47. The highest BCUT2D eigenvalue weighted by Gasteiger charge is 2.57. The van der Waals surface area contributed by atoms with Gasteiger partial charge >= 0.3 is 0 Å². The van der Waals surface area contributed by atoms with E-state index in [9.17, 15) is 9.59 Å². The fraction of sp³-hybridized carbons (Fsp3) is 0.524. The van der Waals surface area contributed by atoms with E-state index >= 15 is 0 Å². The Balaban J connectivity index is 1.44. The predicted octanol–water partition coefficient (Wildman–Crippen LogP) is 1.39. The van der Waals surface area contributed by atoms with Crippen LogP contribution in [0.5, 0.6) is 0 Å². The van der Waals surface area contributed by atoms with Gasteiger partial charge in [0.25, 0.3) is 0 Å². The van der Waals surface area contributed by atoms with E-state index in [1.165, 1.54) is 5.56 Å². The highest BCUT2D eigenvalue weighted by atomic mass is 16.5. The molecule has 1 heterocycles. The Hall–Kier alpha value is -2.18. The van der Waals surface area contributed by atoms with Gasteiger partial charge in [-0.3, -0.25) is 14.5 Å². The number of nitrogens with zero attached hydrogens (tertiary/aromatic N) is 2. The summed E-state index contributed by atoms with van der Waals surface area (Å²) in [5, 5.41) is 2.83. The molecule has 2 fully saturated rings. The van der Waals surface area contributed by atoms with Crippen LogP contribution in [0.4, 0.5) is 0 Å². The molecule has 0 radical (unpaired) electrons. The van der Waals surface area contributed by atoms with E-state index in [0.29, 0.717) is 39.1 Å². The summed E-state index contributed by atoms with van der Waals surface area (Å²) >= 11 is 0. The first kappa shape index (κ1) is 19.6. The van der Waals surface area contributed by atoms with Gasteiger partial charge in [0.15, 0.2) is 0 Å². The molecule has 1 saturated carbocycles. The van der Waals surface area contributed by atoms with Crippen LogP contribution in [0, 0.1) is 5.41 Å². The second kappa shape index (κ2) is 9.15. The van der Waals surface area contributed by atoms with Crippen molar-refractivity contribution in [2.45, 2.75) is 12.8 Å². The lowest BCUT2D eigenvalue weighted by atomic mass is 10.0. The molecule has 1 aromatic carbocycles. The average Bonchev–Trinajstić information content (AvgIpc) is 3.51. The van der Waals surface area contributed by atoms with Crippen LogP contribution in [0.2, 0.25) is 0 Å². The Bertz CT molecular complexity index is 663. The van der Waals surface area contributed by atoms with Gasteiger partial charge in [0.1, 0.15) is 5.41 Å². The van der Waals surface area contributed by atoms with Crippen LogP contribution in [0.15, 0.2) is 36.4 Å². The molecule has 1 N–H and O–H groups in total. The van der Waals surface area contributed by atoms with Gasteiger partial charge in [0.2, 0.25) is 11.8 Å². The van der Waals surface area contributed by atoms with Crippen molar-refractivity contribution >= 4 is 17.9 Å². The molecule has 146 valence electrons. The number of hydrogen-bond donors (Lipinski definition) is 1. The van der Waals surface area contributed by atoms with Crippen molar-refractivity contribution in [3.8, 4) is 0 Å². The third-order valence-corrected chi connectivity index (χ3v) is 5.32. The van der Waals surface area contributed by atoms with Gasteiger partial charge in [-0.05, 0) is 18.4 Å². The molecule has 3 rings (SSSR count). The molecule has 2 aliphatic rings. The van der Waals surface area contributed by atoms with Crippen molar-refractivity contribution in [3.63, 3.8) is 0 Å². The van der Waals surface area contributed by atoms with Gasteiger partial charge in [-0.2, -0.15) is 0 Å². The van der Waals surface area contributed by atoms with Gasteiger partial charge in [0, 0.05) is 46.4 Å². The van der Waals surface area contributed by atoms with E-state index in [1.807, 2.05) is 23.1 Å². The SMILES string of the molecule is COCCNC(=O)C1(C(=O)N2CCN(C/C=C/c3ccccc3)CC2)CC1. The topological polar surface area (TPSA) is 61.9 Å². The van der Waals surface area contributed by atoms with Gasteiger partial charge in [-0.25, -0.2) is 0 Å².